The highest BCUT2D eigenvalue weighted by atomic mass is 19.4. The van der Waals surface area contributed by atoms with Crippen molar-refractivity contribution in [2.24, 2.45) is 0 Å². The average Bonchev–Trinajstić information content (AvgIpc) is 3.02. The highest BCUT2D eigenvalue weighted by Gasteiger charge is 2.31. The second-order valence-electron chi connectivity index (χ2n) is 5.60. The largest absolute Gasteiger partial charge is 0.438 e. The molecule has 0 saturated carbocycles. The van der Waals surface area contributed by atoms with Crippen LogP contribution in [-0.2, 0) is 4.79 Å². The number of nitrogens with one attached hydrogen (secondary N) is 1. The molecular formula is C17H14F3N5O2. The molecule has 2 heterocycles. The van der Waals surface area contributed by atoms with Gasteiger partial charge in [0.25, 0.3) is 0 Å². The maximum absolute atomic E-state index is 12.2. The maximum atomic E-state index is 12.2. The van der Waals surface area contributed by atoms with E-state index in [1.54, 1.807) is 23.0 Å². The van der Waals surface area contributed by atoms with Crippen LogP contribution in [0.4, 0.5) is 18.9 Å². The van der Waals surface area contributed by atoms with Crippen molar-refractivity contribution < 1.29 is 22.7 Å². The van der Waals surface area contributed by atoms with Gasteiger partial charge in [0.15, 0.2) is 5.82 Å². The summed E-state index contributed by atoms with van der Waals surface area (Å²) < 4.78 is 43.6. The van der Waals surface area contributed by atoms with Gasteiger partial charge in [-0.05, 0) is 43.3 Å². The Hall–Kier alpha value is -3.43. The molecule has 0 aliphatic rings. The number of hydrogen-bond donors (Lipinski definition) is 1. The first kappa shape index (κ1) is 18.4. The van der Waals surface area contributed by atoms with Crippen LogP contribution in [0.1, 0.15) is 12.1 Å². The molecule has 0 unspecified atom stereocenters. The Morgan fingerprint density at radius 1 is 1.11 bits per heavy atom. The molecule has 0 atom stereocenters. The Bertz CT molecular complexity index is 921. The number of hydrogen-bond acceptors (Lipinski definition) is 5. The van der Waals surface area contributed by atoms with Crippen LogP contribution in [0.3, 0.4) is 0 Å². The molecule has 0 bridgehead atoms. The number of benzene rings is 1. The summed E-state index contributed by atoms with van der Waals surface area (Å²) in [4.78, 5) is 11.3. The molecule has 1 amide bonds. The van der Waals surface area contributed by atoms with E-state index in [0.29, 0.717) is 11.6 Å². The number of halogens is 3. The van der Waals surface area contributed by atoms with Crippen LogP contribution in [0, 0.1) is 6.92 Å². The second kappa shape index (κ2) is 7.44. The summed E-state index contributed by atoms with van der Waals surface area (Å²) in [6.45, 7) is 1.86. The fourth-order valence-corrected chi connectivity index (χ4v) is 2.15. The Morgan fingerprint density at radius 3 is 2.41 bits per heavy atom. The predicted octanol–water partition coefficient (Wildman–Crippen LogP) is 3.65. The van der Waals surface area contributed by atoms with Gasteiger partial charge in [-0.2, -0.15) is 18.3 Å². The van der Waals surface area contributed by atoms with E-state index in [4.69, 9.17) is 4.74 Å². The first-order chi connectivity index (χ1) is 12.8. The SMILES string of the molecule is Cc1ccn(-c2ccc(Oc3ccc(NC(=O)CC(F)(F)F)cc3)nn2)n1. The normalized spacial score (nSPS) is 11.3. The van der Waals surface area contributed by atoms with Crippen molar-refractivity contribution >= 4 is 11.6 Å². The third-order valence-electron chi connectivity index (χ3n) is 3.30. The van der Waals surface area contributed by atoms with E-state index >= 15 is 0 Å². The van der Waals surface area contributed by atoms with E-state index in [9.17, 15) is 18.0 Å². The topological polar surface area (TPSA) is 81.9 Å². The Balaban J connectivity index is 1.60. The molecule has 0 fully saturated rings. The maximum Gasteiger partial charge on any atom is 0.397 e. The lowest BCUT2D eigenvalue weighted by Crippen LogP contribution is -2.21. The lowest BCUT2D eigenvalue weighted by atomic mass is 10.3. The lowest BCUT2D eigenvalue weighted by molar-refractivity contribution is -0.150. The molecule has 3 aromatic rings. The van der Waals surface area contributed by atoms with E-state index in [1.807, 2.05) is 13.0 Å². The number of carbonyl (C=O) groups excluding carboxylic acids is 1. The van der Waals surface area contributed by atoms with E-state index in [-0.39, 0.29) is 11.6 Å². The number of carbonyl (C=O) groups is 1. The number of nitrogens with zero attached hydrogens (tertiary/aromatic N) is 4. The molecule has 1 N–H and O–H groups in total. The van der Waals surface area contributed by atoms with Crippen molar-refractivity contribution in [2.45, 2.75) is 19.5 Å². The summed E-state index contributed by atoms with van der Waals surface area (Å²) in [5, 5.41) is 14.3. The van der Waals surface area contributed by atoms with Crippen LogP contribution in [0.5, 0.6) is 11.6 Å². The summed E-state index contributed by atoms with van der Waals surface area (Å²) >= 11 is 0. The average molecular weight is 377 g/mol. The molecule has 1 aromatic carbocycles. The predicted molar refractivity (Wildman–Crippen MR) is 89.7 cm³/mol. The number of ether oxygens (including phenoxy) is 1. The monoisotopic (exact) mass is 377 g/mol. The van der Waals surface area contributed by atoms with Gasteiger partial charge in [0, 0.05) is 18.0 Å². The third-order valence-corrected chi connectivity index (χ3v) is 3.30. The minimum atomic E-state index is -4.55. The van der Waals surface area contributed by atoms with Gasteiger partial charge >= 0.3 is 6.18 Å². The number of anilines is 1. The highest BCUT2D eigenvalue weighted by molar-refractivity contribution is 5.91. The van der Waals surface area contributed by atoms with E-state index in [1.165, 1.54) is 24.3 Å². The van der Waals surface area contributed by atoms with E-state index < -0.39 is 18.5 Å². The summed E-state index contributed by atoms with van der Waals surface area (Å²) in [6, 6.07) is 11.0. The number of aryl methyl sites for hydroxylation is 1. The number of rotatable bonds is 5. The van der Waals surface area contributed by atoms with Crippen LogP contribution in [-0.4, -0.2) is 32.1 Å². The molecule has 0 saturated heterocycles. The van der Waals surface area contributed by atoms with Gasteiger partial charge in [-0.1, -0.05) is 0 Å². The van der Waals surface area contributed by atoms with Crippen molar-refractivity contribution in [1.29, 1.82) is 0 Å². The summed E-state index contributed by atoms with van der Waals surface area (Å²) in [7, 11) is 0. The zero-order valence-corrected chi connectivity index (χ0v) is 14.1. The number of amides is 1. The Morgan fingerprint density at radius 2 is 1.85 bits per heavy atom. The number of alkyl halides is 3. The molecule has 2 aromatic heterocycles. The highest BCUT2D eigenvalue weighted by Crippen LogP contribution is 2.23. The number of aromatic nitrogens is 4. The quantitative estimate of drug-likeness (QED) is 0.734. The molecule has 0 aliphatic heterocycles. The van der Waals surface area contributed by atoms with Gasteiger partial charge in [0.2, 0.25) is 11.8 Å². The van der Waals surface area contributed by atoms with Gasteiger partial charge in [0.1, 0.15) is 12.2 Å². The van der Waals surface area contributed by atoms with Crippen molar-refractivity contribution in [3.63, 3.8) is 0 Å². The van der Waals surface area contributed by atoms with Crippen LogP contribution < -0.4 is 10.1 Å². The molecule has 140 valence electrons. The molecule has 7 nitrogen and oxygen atoms in total. The van der Waals surface area contributed by atoms with Crippen molar-refractivity contribution in [3.8, 4) is 17.4 Å². The van der Waals surface area contributed by atoms with E-state index in [0.717, 1.165) is 5.69 Å². The first-order valence-electron chi connectivity index (χ1n) is 7.79. The van der Waals surface area contributed by atoms with Crippen LogP contribution in [0.15, 0.2) is 48.7 Å². The van der Waals surface area contributed by atoms with Crippen LogP contribution >= 0.6 is 0 Å². The molecule has 0 radical (unpaired) electrons. The minimum Gasteiger partial charge on any atom is -0.438 e. The Kier molecular flexibility index (Phi) is 5.06. The molecular weight excluding hydrogens is 363 g/mol. The van der Waals surface area contributed by atoms with Gasteiger partial charge in [0.05, 0.1) is 5.69 Å². The summed E-state index contributed by atoms with van der Waals surface area (Å²) in [5.74, 6) is 0.0157. The van der Waals surface area contributed by atoms with Gasteiger partial charge in [-0.3, -0.25) is 4.79 Å². The Labute approximate surface area is 151 Å². The van der Waals surface area contributed by atoms with Gasteiger partial charge in [-0.15, -0.1) is 10.2 Å². The molecule has 3 rings (SSSR count). The van der Waals surface area contributed by atoms with Crippen molar-refractivity contribution in [1.82, 2.24) is 20.0 Å². The zero-order valence-electron chi connectivity index (χ0n) is 14.1. The summed E-state index contributed by atoms with van der Waals surface area (Å²) in [5.41, 5.74) is 1.08. The zero-order chi connectivity index (χ0) is 19.4. The van der Waals surface area contributed by atoms with E-state index in [2.05, 4.69) is 20.6 Å². The van der Waals surface area contributed by atoms with Crippen molar-refractivity contribution in [3.05, 3.63) is 54.4 Å². The molecule has 10 heteroatoms. The van der Waals surface area contributed by atoms with Crippen molar-refractivity contribution in [2.75, 3.05) is 5.32 Å². The molecule has 0 spiro atoms. The third kappa shape index (κ3) is 5.27. The second-order valence-corrected chi connectivity index (χ2v) is 5.60. The van der Waals surface area contributed by atoms with Gasteiger partial charge in [-0.25, -0.2) is 4.68 Å². The smallest absolute Gasteiger partial charge is 0.397 e. The fourth-order valence-electron chi connectivity index (χ4n) is 2.15. The molecule has 0 aliphatic carbocycles. The van der Waals surface area contributed by atoms with Crippen LogP contribution in [0.25, 0.3) is 5.82 Å². The standard InChI is InChI=1S/C17H14F3N5O2/c1-11-8-9-25(24-11)14-6-7-16(23-22-14)27-13-4-2-12(3-5-13)21-15(26)10-17(18,19)20/h2-9H,10H2,1H3,(H,21,26). The minimum absolute atomic E-state index is 0.229. The lowest BCUT2D eigenvalue weighted by Gasteiger charge is -2.09. The fraction of sp³-hybridized carbons (Fsp3) is 0.176. The molecule has 27 heavy (non-hydrogen) atoms. The summed E-state index contributed by atoms with van der Waals surface area (Å²) in [6.07, 6.45) is -4.33. The van der Waals surface area contributed by atoms with Gasteiger partial charge < -0.3 is 10.1 Å². The first-order valence-corrected chi connectivity index (χ1v) is 7.79. The van der Waals surface area contributed by atoms with Crippen LogP contribution in [0.2, 0.25) is 0 Å².